The number of anilines is 2. The van der Waals surface area contributed by atoms with E-state index in [2.05, 4.69) is 30.9 Å². The Morgan fingerprint density at radius 2 is 1.92 bits per heavy atom. The zero-order valence-corrected chi connectivity index (χ0v) is 15.7. The average Bonchev–Trinajstić information content (AvgIpc) is 2.98. The van der Waals surface area contributed by atoms with Gasteiger partial charge in [0.15, 0.2) is 0 Å². The lowest BCUT2D eigenvalue weighted by Crippen LogP contribution is -2.24. The van der Waals surface area contributed by atoms with E-state index in [9.17, 15) is 21.6 Å². The minimum Gasteiger partial charge on any atom is -0.296 e. The molecule has 0 saturated heterocycles. The Kier molecular flexibility index (Phi) is 5.93. The number of hydrogen-bond donors (Lipinski definition) is 3. The van der Waals surface area contributed by atoms with Gasteiger partial charge in [0.25, 0.3) is 5.91 Å². The lowest BCUT2D eigenvalue weighted by Gasteiger charge is -2.06. The number of nitrogens with one attached hydrogen (secondary N) is 3. The van der Waals surface area contributed by atoms with Crippen molar-refractivity contribution in [3.63, 3.8) is 0 Å². The molecule has 0 spiro atoms. The molecule has 0 aliphatic carbocycles. The van der Waals surface area contributed by atoms with Crippen LogP contribution in [0, 0.1) is 12.3 Å². The molecule has 0 bridgehead atoms. The summed E-state index contributed by atoms with van der Waals surface area (Å²) in [5, 5.41) is 9.65. The summed E-state index contributed by atoms with van der Waals surface area (Å²) in [6.07, 6.45) is 5.97. The molecule has 0 atom stereocenters. The highest BCUT2D eigenvalue weighted by atomic mass is 32.2. The van der Waals surface area contributed by atoms with Gasteiger partial charge >= 0.3 is 0 Å². The SMILES string of the molecule is C#CCNS(=O)(=O)c1cccc(C(=O)Nc2nnc(NS(C)(=O)=O)s2)c1. The smallest absolute Gasteiger partial charge is 0.257 e. The molecule has 1 aromatic carbocycles. The number of sulfonamides is 2. The molecule has 1 amide bonds. The van der Waals surface area contributed by atoms with Crippen LogP contribution in [0.4, 0.5) is 10.3 Å². The first-order valence-corrected chi connectivity index (χ1v) is 11.0. The Balaban J connectivity index is 2.16. The van der Waals surface area contributed by atoms with Crippen molar-refractivity contribution in [2.45, 2.75) is 4.90 Å². The Labute approximate surface area is 154 Å². The van der Waals surface area contributed by atoms with Crippen LogP contribution in [-0.4, -0.2) is 45.7 Å². The third-order valence-electron chi connectivity index (χ3n) is 2.69. The van der Waals surface area contributed by atoms with Crippen LogP contribution >= 0.6 is 11.3 Å². The lowest BCUT2D eigenvalue weighted by atomic mass is 10.2. The molecule has 0 fully saturated rings. The molecule has 2 aromatic rings. The number of carbonyl (C=O) groups is 1. The highest BCUT2D eigenvalue weighted by Crippen LogP contribution is 2.21. The predicted octanol–water partition coefficient (Wildman–Crippen LogP) is 0.0734. The van der Waals surface area contributed by atoms with E-state index in [0.717, 1.165) is 17.6 Å². The molecule has 2 rings (SSSR count). The van der Waals surface area contributed by atoms with Gasteiger partial charge in [-0.05, 0) is 18.2 Å². The number of hydrogen-bond acceptors (Lipinski definition) is 8. The van der Waals surface area contributed by atoms with Crippen molar-refractivity contribution in [3.05, 3.63) is 29.8 Å². The lowest BCUT2D eigenvalue weighted by molar-refractivity contribution is 0.102. The first-order valence-electron chi connectivity index (χ1n) is 6.76. The van der Waals surface area contributed by atoms with E-state index in [-0.39, 0.29) is 27.3 Å². The largest absolute Gasteiger partial charge is 0.296 e. The fraction of sp³-hybridized carbons (Fsp3) is 0.154. The first-order chi connectivity index (χ1) is 12.1. The third-order valence-corrected chi connectivity index (χ3v) is 5.54. The second kappa shape index (κ2) is 7.79. The van der Waals surface area contributed by atoms with E-state index in [1.54, 1.807) is 0 Å². The summed E-state index contributed by atoms with van der Waals surface area (Å²) in [4.78, 5) is 12.1. The van der Waals surface area contributed by atoms with Gasteiger partial charge in [0.1, 0.15) is 0 Å². The molecule has 3 N–H and O–H groups in total. The van der Waals surface area contributed by atoms with Gasteiger partial charge in [-0.2, -0.15) is 4.72 Å². The maximum Gasteiger partial charge on any atom is 0.257 e. The molecule has 0 unspecified atom stereocenters. The molecule has 1 aromatic heterocycles. The monoisotopic (exact) mass is 415 g/mol. The van der Waals surface area contributed by atoms with Crippen LogP contribution < -0.4 is 14.8 Å². The van der Waals surface area contributed by atoms with Crippen LogP contribution in [0.25, 0.3) is 0 Å². The summed E-state index contributed by atoms with van der Waals surface area (Å²) in [5.41, 5.74) is 0.0569. The first kappa shape index (κ1) is 19.8. The topological polar surface area (TPSA) is 147 Å². The quantitative estimate of drug-likeness (QED) is 0.542. The molecule has 1 heterocycles. The van der Waals surface area contributed by atoms with Gasteiger partial charge < -0.3 is 0 Å². The minimum absolute atomic E-state index is 0.0161. The van der Waals surface area contributed by atoms with Crippen LogP contribution in [0.5, 0.6) is 0 Å². The van der Waals surface area contributed by atoms with Crippen LogP contribution in [0.3, 0.4) is 0 Å². The normalized spacial score (nSPS) is 11.5. The summed E-state index contributed by atoms with van der Waals surface area (Å²) >= 11 is 0.806. The van der Waals surface area contributed by atoms with Crippen molar-refractivity contribution in [3.8, 4) is 12.3 Å². The van der Waals surface area contributed by atoms with Gasteiger partial charge in [-0.25, -0.2) is 16.8 Å². The van der Waals surface area contributed by atoms with E-state index < -0.39 is 26.0 Å². The van der Waals surface area contributed by atoms with Gasteiger partial charge in [0.05, 0.1) is 17.7 Å². The highest BCUT2D eigenvalue weighted by molar-refractivity contribution is 7.92. The van der Waals surface area contributed by atoms with Crippen molar-refractivity contribution in [2.75, 3.05) is 22.8 Å². The van der Waals surface area contributed by atoms with E-state index in [1.807, 2.05) is 0 Å². The Morgan fingerprint density at radius 1 is 1.23 bits per heavy atom. The second-order valence-electron chi connectivity index (χ2n) is 4.80. The van der Waals surface area contributed by atoms with Crippen LogP contribution in [-0.2, 0) is 20.0 Å². The van der Waals surface area contributed by atoms with Crippen LogP contribution in [0.15, 0.2) is 29.2 Å². The van der Waals surface area contributed by atoms with E-state index in [1.165, 1.54) is 24.3 Å². The number of rotatable bonds is 7. The number of benzene rings is 1. The number of carbonyl (C=O) groups excluding carboxylic acids is 1. The van der Waals surface area contributed by atoms with Crippen molar-refractivity contribution in [1.82, 2.24) is 14.9 Å². The molecule has 0 aliphatic rings. The zero-order chi connectivity index (χ0) is 19.4. The van der Waals surface area contributed by atoms with E-state index in [4.69, 9.17) is 6.42 Å². The van der Waals surface area contributed by atoms with Gasteiger partial charge in [0.2, 0.25) is 30.3 Å². The summed E-state index contributed by atoms with van der Waals surface area (Å²) in [5.74, 6) is 1.51. The molecule has 10 nitrogen and oxygen atoms in total. The number of aromatic nitrogens is 2. The molecule has 13 heteroatoms. The maximum atomic E-state index is 12.2. The van der Waals surface area contributed by atoms with Crippen molar-refractivity contribution < 1.29 is 21.6 Å². The Bertz CT molecular complexity index is 1070. The molecule has 0 saturated carbocycles. The number of nitrogens with zero attached hydrogens (tertiary/aromatic N) is 2. The number of amides is 1. The fourth-order valence-electron chi connectivity index (χ4n) is 1.67. The Morgan fingerprint density at radius 3 is 2.58 bits per heavy atom. The van der Waals surface area contributed by atoms with Crippen LogP contribution in [0.1, 0.15) is 10.4 Å². The number of terminal acetylenes is 1. The maximum absolute atomic E-state index is 12.2. The van der Waals surface area contributed by atoms with Gasteiger partial charge in [0, 0.05) is 5.56 Å². The standard InChI is InChI=1S/C13H13N5O5S3/c1-3-7-14-26(22,23)10-6-4-5-9(8-10)11(19)15-12-16-17-13(24-12)18-25(2,20)21/h1,4-6,8,14H,7H2,2H3,(H,17,18)(H,15,16,19). The summed E-state index contributed by atoms with van der Waals surface area (Å²) in [6.45, 7) is -0.181. The molecular formula is C13H13N5O5S3. The molecule has 138 valence electrons. The third kappa shape index (κ3) is 5.49. The van der Waals surface area contributed by atoms with Gasteiger partial charge in [-0.3, -0.25) is 14.8 Å². The summed E-state index contributed by atoms with van der Waals surface area (Å²) < 4.78 is 50.6. The summed E-state index contributed by atoms with van der Waals surface area (Å²) in [6, 6.07) is 5.29. The zero-order valence-electron chi connectivity index (χ0n) is 13.3. The molecule has 0 radical (unpaired) electrons. The molecule has 0 aliphatic heterocycles. The minimum atomic E-state index is -3.84. The summed E-state index contributed by atoms with van der Waals surface area (Å²) in [7, 11) is -7.36. The molecule has 26 heavy (non-hydrogen) atoms. The Hall–Kier alpha value is -2.53. The average molecular weight is 415 g/mol. The second-order valence-corrected chi connectivity index (χ2v) is 9.29. The van der Waals surface area contributed by atoms with Crippen molar-refractivity contribution in [1.29, 1.82) is 0 Å². The van der Waals surface area contributed by atoms with E-state index in [0.29, 0.717) is 0 Å². The van der Waals surface area contributed by atoms with Gasteiger partial charge in [-0.15, -0.1) is 16.6 Å². The predicted molar refractivity (Wildman–Crippen MR) is 96.8 cm³/mol. The van der Waals surface area contributed by atoms with Crippen molar-refractivity contribution in [2.24, 2.45) is 0 Å². The van der Waals surface area contributed by atoms with Gasteiger partial charge in [-0.1, -0.05) is 23.3 Å². The highest BCUT2D eigenvalue weighted by Gasteiger charge is 2.17. The van der Waals surface area contributed by atoms with Crippen molar-refractivity contribution >= 4 is 47.6 Å². The van der Waals surface area contributed by atoms with E-state index >= 15 is 0 Å². The molecular weight excluding hydrogens is 402 g/mol. The fourth-order valence-corrected chi connectivity index (χ4v) is 4.12. The van der Waals surface area contributed by atoms with Crippen LogP contribution in [0.2, 0.25) is 0 Å².